The van der Waals surface area contributed by atoms with E-state index in [0.29, 0.717) is 22.0 Å². The molecule has 1 amide bonds. The van der Waals surface area contributed by atoms with Gasteiger partial charge in [-0.3, -0.25) is 4.79 Å². The summed E-state index contributed by atoms with van der Waals surface area (Å²) in [6.45, 7) is 7.36. The third-order valence-corrected chi connectivity index (χ3v) is 4.73. The highest BCUT2D eigenvalue weighted by atomic mass is 35.5. The third kappa shape index (κ3) is 5.07. The van der Waals surface area contributed by atoms with Gasteiger partial charge >= 0.3 is 5.97 Å². The molecule has 0 aliphatic rings. The Balaban J connectivity index is 2.18. The molecule has 0 aliphatic carbocycles. The molecule has 0 saturated heterocycles. The Kier molecular flexibility index (Phi) is 7.52. The highest BCUT2D eigenvalue weighted by molar-refractivity contribution is 6.30. The van der Waals surface area contributed by atoms with Crippen LogP contribution in [0.4, 0.5) is 0 Å². The Hall–Kier alpha value is -2.47. The van der Waals surface area contributed by atoms with Crippen molar-refractivity contribution in [3.05, 3.63) is 46.2 Å². The number of hydrogen-bond acceptors (Lipinski definition) is 4. The molecule has 0 radical (unpaired) electrons. The fourth-order valence-corrected chi connectivity index (χ4v) is 3.37. The number of methoxy groups -OCH3 is 1. The van der Waals surface area contributed by atoms with Gasteiger partial charge in [-0.1, -0.05) is 24.9 Å². The Morgan fingerprint density at radius 2 is 1.96 bits per heavy atom. The molecule has 1 heterocycles. The van der Waals surface area contributed by atoms with Crippen LogP contribution in [-0.4, -0.2) is 36.2 Å². The predicted molar refractivity (Wildman–Crippen MR) is 110 cm³/mol. The normalized spacial score (nSPS) is 11.8. The summed E-state index contributed by atoms with van der Waals surface area (Å²) in [4.78, 5) is 24.5. The van der Waals surface area contributed by atoms with Crippen molar-refractivity contribution in [2.24, 2.45) is 0 Å². The first-order valence-corrected chi connectivity index (χ1v) is 9.65. The van der Waals surface area contributed by atoms with Gasteiger partial charge in [-0.25, -0.2) is 4.79 Å². The number of carbonyl (C=O) groups excluding carboxylic acids is 2. The molecule has 6 nitrogen and oxygen atoms in total. The van der Waals surface area contributed by atoms with E-state index in [1.54, 1.807) is 31.4 Å². The minimum absolute atomic E-state index is 0.0524. The standard InChI is InChI=1S/C21H27ClN2O4/c1-6-7-13(2)23-20(25)12-28-21(26)17-10-14(3)24(15(17)4)18-11-16(22)8-9-19(18)27-5/h8-11,13H,6-7,12H2,1-5H3,(H,23,25). The average Bonchev–Trinajstić information content (AvgIpc) is 2.94. The van der Waals surface area contributed by atoms with E-state index in [1.807, 2.05) is 32.3 Å². The molecule has 28 heavy (non-hydrogen) atoms. The van der Waals surface area contributed by atoms with Crippen LogP contribution in [0.5, 0.6) is 5.75 Å². The summed E-state index contributed by atoms with van der Waals surface area (Å²) in [7, 11) is 1.58. The Morgan fingerprint density at radius 3 is 2.61 bits per heavy atom. The maximum atomic E-state index is 12.5. The zero-order chi connectivity index (χ0) is 20.8. The molecule has 1 aromatic heterocycles. The van der Waals surface area contributed by atoms with Crippen LogP contribution < -0.4 is 10.1 Å². The fourth-order valence-electron chi connectivity index (χ4n) is 3.21. The topological polar surface area (TPSA) is 69.6 Å². The SMILES string of the molecule is CCCC(C)NC(=O)COC(=O)c1cc(C)n(-c2cc(Cl)ccc2OC)c1C. The monoisotopic (exact) mass is 406 g/mol. The van der Waals surface area contributed by atoms with Crippen molar-refractivity contribution in [3.8, 4) is 11.4 Å². The van der Waals surface area contributed by atoms with E-state index < -0.39 is 5.97 Å². The van der Waals surface area contributed by atoms with Crippen LogP contribution >= 0.6 is 11.6 Å². The van der Waals surface area contributed by atoms with Crippen molar-refractivity contribution in [1.29, 1.82) is 0 Å². The van der Waals surface area contributed by atoms with Gasteiger partial charge in [0.15, 0.2) is 6.61 Å². The number of nitrogens with one attached hydrogen (secondary N) is 1. The van der Waals surface area contributed by atoms with Crippen molar-refractivity contribution in [2.75, 3.05) is 13.7 Å². The Labute approximate surface area is 170 Å². The average molecular weight is 407 g/mol. The number of carbonyl (C=O) groups is 2. The minimum atomic E-state index is -0.543. The first-order valence-electron chi connectivity index (χ1n) is 9.27. The second-order valence-electron chi connectivity index (χ2n) is 6.77. The van der Waals surface area contributed by atoms with Gasteiger partial charge < -0.3 is 19.4 Å². The van der Waals surface area contributed by atoms with Gasteiger partial charge in [0.1, 0.15) is 5.75 Å². The summed E-state index contributed by atoms with van der Waals surface area (Å²) < 4.78 is 12.5. The molecular weight excluding hydrogens is 380 g/mol. The zero-order valence-electron chi connectivity index (χ0n) is 17.0. The first kappa shape index (κ1) is 21.8. The Bertz CT molecular complexity index is 860. The summed E-state index contributed by atoms with van der Waals surface area (Å²) in [6, 6.07) is 7.08. The van der Waals surface area contributed by atoms with Gasteiger partial charge in [-0.2, -0.15) is 0 Å². The molecule has 2 rings (SSSR count). The number of amides is 1. The summed E-state index contributed by atoms with van der Waals surface area (Å²) >= 11 is 6.14. The van der Waals surface area contributed by atoms with Crippen molar-refractivity contribution in [3.63, 3.8) is 0 Å². The van der Waals surface area contributed by atoms with Crippen LogP contribution in [0.15, 0.2) is 24.3 Å². The van der Waals surface area contributed by atoms with Gasteiger partial charge in [0.25, 0.3) is 5.91 Å². The molecule has 7 heteroatoms. The van der Waals surface area contributed by atoms with Crippen molar-refractivity contribution >= 4 is 23.5 Å². The van der Waals surface area contributed by atoms with Gasteiger partial charge in [0.05, 0.1) is 18.4 Å². The van der Waals surface area contributed by atoms with E-state index in [-0.39, 0.29) is 18.6 Å². The van der Waals surface area contributed by atoms with E-state index in [1.165, 1.54) is 0 Å². The van der Waals surface area contributed by atoms with E-state index in [0.717, 1.165) is 24.2 Å². The first-order chi connectivity index (χ1) is 13.3. The second-order valence-corrected chi connectivity index (χ2v) is 7.21. The van der Waals surface area contributed by atoms with Crippen molar-refractivity contribution < 1.29 is 19.1 Å². The van der Waals surface area contributed by atoms with Crippen LogP contribution in [0.2, 0.25) is 5.02 Å². The molecule has 0 spiro atoms. The van der Waals surface area contributed by atoms with Crippen LogP contribution in [0.1, 0.15) is 48.4 Å². The summed E-state index contributed by atoms with van der Waals surface area (Å²) in [6.07, 6.45) is 1.85. The number of aromatic nitrogens is 1. The second kappa shape index (κ2) is 9.64. The van der Waals surface area contributed by atoms with E-state index in [9.17, 15) is 9.59 Å². The fraction of sp³-hybridized carbons (Fsp3) is 0.429. The number of halogens is 1. The third-order valence-electron chi connectivity index (χ3n) is 4.50. The molecule has 1 atom stereocenters. The highest BCUT2D eigenvalue weighted by Gasteiger charge is 2.21. The molecule has 0 fully saturated rings. The van der Waals surface area contributed by atoms with E-state index >= 15 is 0 Å². The van der Waals surface area contributed by atoms with Crippen LogP contribution in [0.3, 0.4) is 0 Å². The molecular formula is C21H27ClN2O4. The Morgan fingerprint density at radius 1 is 1.25 bits per heavy atom. The number of nitrogens with zero attached hydrogens (tertiary/aromatic N) is 1. The number of esters is 1. The molecule has 2 aromatic rings. The van der Waals surface area contributed by atoms with Gasteiger partial charge in [0, 0.05) is 22.5 Å². The number of benzene rings is 1. The van der Waals surface area contributed by atoms with Crippen molar-refractivity contribution in [1.82, 2.24) is 9.88 Å². The summed E-state index contributed by atoms with van der Waals surface area (Å²) in [5.41, 5.74) is 2.64. The molecule has 0 bridgehead atoms. The number of rotatable bonds is 8. The predicted octanol–water partition coefficient (Wildman–Crippen LogP) is 4.22. The maximum absolute atomic E-state index is 12.5. The lowest BCUT2D eigenvalue weighted by Crippen LogP contribution is -2.35. The van der Waals surface area contributed by atoms with Crippen LogP contribution in [-0.2, 0) is 9.53 Å². The molecule has 1 unspecified atom stereocenters. The lowest BCUT2D eigenvalue weighted by molar-refractivity contribution is -0.124. The van der Waals surface area contributed by atoms with Crippen LogP contribution in [0.25, 0.3) is 5.69 Å². The zero-order valence-corrected chi connectivity index (χ0v) is 17.7. The molecule has 0 saturated carbocycles. The minimum Gasteiger partial charge on any atom is -0.495 e. The molecule has 152 valence electrons. The number of hydrogen-bond donors (Lipinski definition) is 1. The van der Waals surface area contributed by atoms with E-state index in [4.69, 9.17) is 21.1 Å². The molecule has 0 aliphatic heterocycles. The van der Waals surface area contributed by atoms with Crippen LogP contribution in [0, 0.1) is 13.8 Å². The van der Waals surface area contributed by atoms with Gasteiger partial charge in [-0.05, 0) is 51.5 Å². The maximum Gasteiger partial charge on any atom is 0.340 e. The quantitative estimate of drug-likeness (QED) is 0.666. The van der Waals surface area contributed by atoms with E-state index in [2.05, 4.69) is 5.32 Å². The lowest BCUT2D eigenvalue weighted by atomic mass is 10.2. The lowest BCUT2D eigenvalue weighted by Gasteiger charge is -2.14. The number of ether oxygens (including phenoxy) is 2. The van der Waals surface area contributed by atoms with Crippen molar-refractivity contribution in [2.45, 2.75) is 46.6 Å². The molecule has 1 N–H and O–H groups in total. The largest absolute Gasteiger partial charge is 0.495 e. The smallest absolute Gasteiger partial charge is 0.340 e. The highest BCUT2D eigenvalue weighted by Crippen LogP contribution is 2.30. The van der Waals surface area contributed by atoms with Gasteiger partial charge in [-0.15, -0.1) is 0 Å². The molecule has 1 aromatic carbocycles. The van der Waals surface area contributed by atoms with Gasteiger partial charge in [0.2, 0.25) is 0 Å². The summed E-state index contributed by atoms with van der Waals surface area (Å²) in [5.74, 6) is -0.214. The summed E-state index contributed by atoms with van der Waals surface area (Å²) in [5, 5.41) is 3.37. The number of aryl methyl sites for hydroxylation is 1.